The Kier molecular flexibility index (Phi) is 19.0. The third-order valence-corrected chi connectivity index (χ3v) is 10.5. The minimum atomic E-state index is -1.11. The van der Waals surface area contributed by atoms with Crippen LogP contribution in [0.5, 0.6) is 11.5 Å². The van der Waals surface area contributed by atoms with Crippen LogP contribution in [-0.2, 0) is 29.2 Å². The van der Waals surface area contributed by atoms with Gasteiger partial charge in [0.1, 0.15) is 25.5 Å². The fraction of sp³-hybridized carbons (Fsp3) is 0.325. The maximum absolute atomic E-state index is 14.6. The van der Waals surface area contributed by atoms with E-state index in [1.165, 1.54) is 0 Å². The van der Waals surface area contributed by atoms with E-state index in [2.05, 4.69) is 61.7 Å². The van der Waals surface area contributed by atoms with E-state index in [0.29, 0.717) is 54.6 Å². The van der Waals surface area contributed by atoms with Crippen molar-refractivity contribution < 1.29 is 38.5 Å². The number of carboxylic acid groups (broad SMARTS) is 2. The number of anilines is 2. The normalized spacial score (nSPS) is 11.8. The first-order valence-corrected chi connectivity index (χ1v) is 20.3. The van der Waals surface area contributed by atoms with E-state index in [0.717, 1.165) is 24.1 Å². The Bertz CT molecular complexity index is 1960. The molecule has 2 atom stereocenters. The summed E-state index contributed by atoms with van der Waals surface area (Å²) >= 11 is 25.7. The number of carbonyl (C=O) groups is 3. The molecule has 1 amide bonds. The van der Waals surface area contributed by atoms with Gasteiger partial charge < -0.3 is 35.6 Å². The van der Waals surface area contributed by atoms with Gasteiger partial charge in [-0.15, -0.1) is 0 Å². The number of benzene rings is 4. The molecule has 0 aliphatic heterocycles. The molecule has 0 saturated heterocycles. The lowest BCUT2D eigenvalue weighted by atomic mass is 10.1. The molecule has 0 spiro atoms. The van der Waals surface area contributed by atoms with Crippen LogP contribution < -0.4 is 25.4 Å². The second-order valence-electron chi connectivity index (χ2n) is 12.7. The maximum atomic E-state index is 14.6. The molecule has 4 rings (SSSR count). The fourth-order valence-electron chi connectivity index (χ4n) is 4.87. The van der Waals surface area contributed by atoms with E-state index < -0.39 is 24.4 Å². The van der Waals surface area contributed by atoms with Gasteiger partial charge in [0.2, 0.25) is 0 Å². The highest BCUT2D eigenvalue weighted by Gasteiger charge is 2.17. The van der Waals surface area contributed by atoms with Gasteiger partial charge in [0.05, 0.1) is 35.4 Å². The summed E-state index contributed by atoms with van der Waals surface area (Å²) in [5, 5.41) is 27.4. The number of hydrogen-bond donors (Lipinski definition) is 5. The van der Waals surface area contributed by atoms with Crippen molar-refractivity contribution in [2.75, 3.05) is 17.2 Å². The quantitative estimate of drug-likeness (QED) is 0.0658. The molecule has 0 aliphatic rings. The smallest absolute Gasteiger partial charge is 0.322 e. The maximum Gasteiger partial charge on any atom is 0.322 e. The third kappa shape index (κ3) is 14.3. The molecule has 4 aromatic carbocycles. The SMILES string of the molecule is CCC(C)Nc1cccc(COc2c(Br)cc(C(=O)NCC(=O)O)cc2Br)c1Cl.CCC(C)Nc1cccc(COc2c(Cl)cc(CCC(=O)O)cc2Cl)c1F. The molecule has 10 nitrogen and oxygen atoms in total. The van der Waals surface area contributed by atoms with Crippen LogP contribution in [0.1, 0.15) is 74.0 Å². The molecular weight excluding hydrogens is 920 g/mol. The largest absolute Gasteiger partial charge is 0.486 e. The number of amides is 1. The Morgan fingerprint density at radius 1 is 0.768 bits per heavy atom. The van der Waals surface area contributed by atoms with Crippen molar-refractivity contribution in [3.63, 3.8) is 0 Å². The molecule has 5 N–H and O–H groups in total. The monoisotopic (exact) mass is 959 g/mol. The third-order valence-electron chi connectivity index (χ3n) is 8.28. The summed E-state index contributed by atoms with van der Waals surface area (Å²) in [5.74, 6) is -2.12. The van der Waals surface area contributed by atoms with Gasteiger partial charge in [0, 0.05) is 35.2 Å². The van der Waals surface area contributed by atoms with Gasteiger partial charge in [-0.1, -0.05) is 72.9 Å². The average molecular weight is 963 g/mol. The first-order valence-electron chi connectivity index (χ1n) is 17.6. The second kappa shape index (κ2) is 22.9. The van der Waals surface area contributed by atoms with Gasteiger partial charge in [-0.2, -0.15) is 0 Å². The molecule has 16 heteroatoms. The number of carbonyl (C=O) groups excluding carboxylic acids is 1. The standard InChI is InChI=1S/C20H21Br2ClN2O4.C20H22Cl2FNO3/c1-3-11(2)25-16-6-4-5-12(18(16)23)10-29-19-14(21)7-13(8-15(19)22)20(28)24-9-17(26)27;1-3-12(2)24-17-6-4-5-14(19(17)23)11-27-20-15(21)9-13(10-16(20)22)7-8-18(25)26/h4-8,11,25H,3,9-10H2,1-2H3,(H,24,28)(H,26,27);4-6,9-10,12,24H,3,7-8,11H2,1-2H3,(H,25,26). The number of aryl methyl sites for hydroxylation is 1. The first-order chi connectivity index (χ1) is 26.5. The van der Waals surface area contributed by atoms with Gasteiger partial charge in [0.25, 0.3) is 5.91 Å². The van der Waals surface area contributed by atoms with E-state index >= 15 is 0 Å². The summed E-state index contributed by atoms with van der Waals surface area (Å²) in [6.07, 6.45) is 2.14. The van der Waals surface area contributed by atoms with Crippen LogP contribution in [0.3, 0.4) is 0 Å². The Labute approximate surface area is 357 Å². The first kappa shape index (κ1) is 46.6. The van der Waals surface area contributed by atoms with Crippen molar-refractivity contribution in [3.8, 4) is 11.5 Å². The lowest BCUT2D eigenvalue weighted by Gasteiger charge is -2.17. The summed E-state index contributed by atoms with van der Waals surface area (Å²) in [4.78, 5) is 33.3. The van der Waals surface area contributed by atoms with Crippen molar-refractivity contribution in [1.82, 2.24) is 5.32 Å². The van der Waals surface area contributed by atoms with Crippen LogP contribution in [0.2, 0.25) is 15.1 Å². The molecule has 0 aromatic heterocycles. The number of aliphatic carboxylic acids is 2. The van der Waals surface area contributed by atoms with Gasteiger partial charge in [-0.05, 0) is 107 Å². The number of hydrogen-bond acceptors (Lipinski definition) is 7. The number of ether oxygens (including phenoxy) is 2. The van der Waals surface area contributed by atoms with Gasteiger partial charge in [-0.25, -0.2) is 4.39 Å². The number of rotatable bonds is 18. The highest BCUT2D eigenvalue weighted by atomic mass is 79.9. The molecule has 0 fully saturated rings. The highest BCUT2D eigenvalue weighted by molar-refractivity contribution is 9.11. The van der Waals surface area contributed by atoms with Crippen molar-refractivity contribution in [1.29, 1.82) is 0 Å². The van der Waals surface area contributed by atoms with Crippen molar-refractivity contribution in [3.05, 3.63) is 113 Å². The number of carboxylic acids is 2. The zero-order valence-electron chi connectivity index (χ0n) is 31.1. The summed E-state index contributed by atoms with van der Waals surface area (Å²) in [7, 11) is 0. The molecule has 0 bridgehead atoms. The molecule has 302 valence electrons. The van der Waals surface area contributed by atoms with Gasteiger partial charge >= 0.3 is 11.9 Å². The molecule has 0 radical (unpaired) electrons. The molecule has 56 heavy (non-hydrogen) atoms. The summed E-state index contributed by atoms with van der Waals surface area (Å²) in [6, 6.07) is 17.6. The summed E-state index contributed by atoms with van der Waals surface area (Å²) in [6.45, 7) is 7.93. The van der Waals surface area contributed by atoms with E-state index in [1.54, 1.807) is 42.5 Å². The van der Waals surface area contributed by atoms with Crippen molar-refractivity contribution >= 4 is 95.9 Å². The van der Waals surface area contributed by atoms with E-state index in [1.807, 2.05) is 32.0 Å². The van der Waals surface area contributed by atoms with Crippen molar-refractivity contribution in [2.24, 2.45) is 0 Å². The zero-order chi connectivity index (χ0) is 41.5. The predicted octanol–water partition coefficient (Wildman–Crippen LogP) is 11.4. The van der Waals surface area contributed by atoms with Gasteiger partial charge in [0.15, 0.2) is 11.6 Å². The van der Waals surface area contributed by atoms with E-state index in [4.69, 9.17) is 54.5 Å². The Morgan fingerprint density at radius 2 is 1.29 bits per heavy atom. The van der Waals surface area contributed by atoms with Gasteiger partial charge in [-0.3, -0.25) is 14.4 Å². The molecule has 0 heterocycles. The number of halogens is 6. The fourth-order valence-corrected chi connectivity index (χ4v) is 7.16. The van der Waals surface area contributed by atoms with Crippen molar-refractivity contribution in [2.45, 2.75) is 78.7 Å². The van der Waals surface area contributed by atoms with Crippen LogP contribution in [-0.4, -0.2) is 46.7 Å². The topological polar surface area (TPSA) is 146 Å². The Hall–Kier alpha value is -3.75. The van der Waals surface area contributed by atoms with Crippen LogP contribution in [0.4, 0.5) is 15.8 Å². The molecule has 0 aliphatic carbocycles. The van der Waals surface area contributed by atoms with E-state index in [9.17, 15) is 18.8 Å². The number of nitrogens with one attached hydrogen (secondary N) is 3. The Morgan fingerprint density at radius 3 is 1.84 bits per heavy atom. The average Bonchev–Trinajstić information content (AvgIpc) is 3.15. The summed E-state index contributed by atoms with van der Waals surface area (Å²) in [5.41, 5.74) is 3.48. The van der Waals surface area contributed by atoms with Crippen LogP contribution in [0, 0.1) is 5.82 Å². The lowest BCUT2D eigenvalue weighted by molar-refractivity contribution is -0.137. The molecule has 4 aromatic rings. The second-order valence-corrected chi connectivity index (χ2v) is 15.6. The molecular formula is C40H43Br2Cl3FN3O7. The highest BCUT2D eigenvalue weighted by Crippen LogP contribution is 2.37. The van der Waals surface area contributed by atoms with Crippen LogP contribution in [0.25, 0.3) is 0 Å². The molecule has 2 unspecified atom stereocenters. The minimum absolute atomic E-state index is 0.0198. The zero-order valence-corrected chi connectivity index (χ0v) is 36.5. The summed E-state index contributed by atoms with van der Waals surface area (Å²) < 4.78 is 27.3. The lowest BCUT2D eigenvalue weighted by Crippen LogP contribution is -2.29. The van der Waals surface area contributed by atoms with E-state index in [-0.39, 0.29) is 47.3 Å². The van der Waals surface area contributed by atoms with Crippen LogP contribution in [0.15, 0.2) is 69.6 Å². The predicted molar refractivity (Wildman–Crippen MR) is 227 cm³/mol. The Balaban J connectivity index is 0.000000301. The van der Waals surface area contributed by atoms with Crippen LogP contribution >= 0.6 is 66.7 Å². The molecule has 0 saturated carbocycles. The minimum Gasteiger partial charge on any atom is -0.486 e.